The van der Waals surface area contributed by atoms with E-state index < -0.39 is 0 Å². The van der Waals surface area contributed by atoms with Crippen molar-refractivity contribution in [2.45, 2.75) is 37.9 Å². The van der Waals surface area contributed by atoms with Gasteiger partial charge in [0.15, 0.2) is 16.8 Å². The van der Waals surface area contributed by atoms with Crippen LogP contribution < -0.4 is 9.47 Å². The zero-order valence-electron chi connectivity index (χ0n) is 20.6. The lowest BCUT2D eigenvalue weighted by Crippen LogP contribution is -2.11. The highest BCUT2D eigenvalue weighted by Crippen LogP contribution is 2.30. The monoisotopic (exact) mass is 491 g/mol. The first kappa shape index (κ1) is 24.6. The van der Waals surface area contributed by atoms with Crippen LogP contribution in [0.2, 0.25) is 0 Å². The zero-order valence-corrected chi connectivity index (χ0v) is 21.4. The topological polar surface area (TPSA) is 79.4 Å². The van der Waals surface area contributed by atoms with E-state index in [1.54, 1.807) is 38.7 Å². The maximum Gasteiger partial charge on any atom is 0.192 e. The Morgan fingerprint density at radius 1 is 1.03 bits per heavy atom. The molecular formula is C27H29N3O4S. The molecule has 0 aliphatic rings. The minimum Gasteiger partial charge on any atom is -0.497 e. The number of Topliss-reactive ketones (excluding diaryl/α,β-unsaturated/α-hetero) is 1. The second-order valence-electron chi connectivity index (χ2n) is 9.08. The molecule has 0 bridgehead atoms. The van der Waals surface area contributed by atoms with Gasteiger partial charge in [-0.3, -0.25) is 9.36 Å². The molecule has 0 amide bonds. The zero-order chi connectivity index (χ0) is 25.0. The SMILES string of the molecule is COc1ccc(OC)c(C(=O)CSc2nnc(-c3ccc(C(C)(C)C)cc3)n2Cc2ccco2)c1. The first-order chi connectivity index (χ1) is 16.8. The lowest BCUT2D eigenvalue weighted by atomic mass is 9.87. The van der Waals surface area contributed by atoms with Crippen LogP contribution in [0.4, 0.5) is 0 Å². The van der Waals surface area contributed by atoms with Crippen molar-refractivity contribution in [3.8, 4) is 22.9 Å². The number of hydrogen-bond acceptors (Lipinski definition) is 7. The molecule has 182 valence electrons. The summed E-state index contributed by atoms with van der Waals surface area (Å²) in [6.45, 7) is 7.01. The van der Waals surface area contributed by atoms with Gasteiger partial charge < -0.3 is 13.9 Å². The molecule has 2 aromatic carbocycles. The number of furan rings is 1. The Bertz CT molecular complexity index is 1290. The highest BCUT2D eigenvalue weighted by Gasteiger charge is 2.20. The molecule has 8 heteroatoms. The Kier molecular flexibility index (Phi) is 7.31. The van der Waals surface area contributed by atoms with E-state index in [0.717, 1.165) is 17.1 Å². The molecule has 0 aliphatic carbocycles. The van der Waals surface area contributed by atoms with E-state index in [4.69, 9.17) is 13.9 Å². The number of hydrogen-bond donors (Lipinski definition) is 0. The number of carbonyl (C=O) groups excluding carboxylic acids is 1. The fourth-order valence-electron chi connectivity index (χ4n) is 3.67. The van der Waals surface area contributed by atoms with Crippen LogP contribution in [-0.4, -0.2) is 40.5 Å². The summed E-state index contributed by atoms with van der Waals surface area (Å²) >= 11 is 1.33. The molecule has 0 saturated heterocycles. The minimum absolute atomic E-state index is 0.0585. The summed E-state index contributed by atoms with van der Waals surface area (Å²) in [7, 11) is 3.11. The van der Waals surface area contributed by atoms with E-state index >= 15 is 0 Å². The number of ether oxygens (including phenoxy) is 2. The molecular weight excluding hydrogens is 462 g/mol. The number of aromatic nitrogens is 3. The standard InChI is InChI=1S/C27H29N3O4S/c1-27(2,3)19-10-8-18(9-11-19)25-28-29-26(30(25)16-21-7-6-14-34-21)35-17-23(31)22-15-20(32-4)12-13-24(22)33-5/h6-15H,16-17H2,1-5H3. The minimum atomic E-state index is -0.0885. The molecule has 0 unspecified atom stereocenters. The molecule has 2 heterocycles. The second-order valence-corrected chi connectivity index (χ2v) is 10.0. The summed E-state index contributed by atoms with van der Waals surface area (Å²) < 4.78 is 18.2. The van der Waals surface area contributed by atoms with Crippen LogP contribution in [-0.2, 0) is 12.0 Å². The summed E-state index contributed by atoms with van der Waals surface area (Å²) in [5.41, 5.74) is 2.72. The van der Waals surface area contributed by atoms with Crippen molar-refractivity contribution in [1.82, 2.24) is 14.8 Å². The van der Waals surface area contributed by atoms with Crippen molar-refractivity contribution in [2.75, 3.05) is 20.0 Å². The van der Waals surface area contributed by atoms with Gasteiger partial charge in [0.2, 0.25) is 0 Å². The van der Waals surface area contributed by atoms with E-state index in [2.05, 4.69) is 55.2 Å². The molecule has 0 aliphatic heterocycles. The number of ketones is 1. The summed E-state index contributed by atoms with van der Waals surface area (Å²) in [6, 6.07) is 17.3. The van der Waals surface area contributed by atoms with Crippen LogP contribution in [0.25, 0.3) is 11.4 Å². The average Bonchev–Trinajstić information content (AvgIpc) is 3.52. The largest absolute Gasteiger partial charge is 0.497 e. The van der Waals surface area contributed by atoms with Crippen molar-refractivity contribution in [1.29, 1.82) is 0 Å². The summed E-state index contributed by atoms with van der Waals surface area (Å²) in [5, 5.41) is 9.51. The van der Waals surface area contributed by atoms with Gasteiger partial charge >= 0.3 is 0 Å². The summed E-state index contributed by atoms with van der Waals surface area (Å²) in [5.74, 6) is 2.68. The second kappa shape index (κ2) is 10.4. The van der Waals surface area contributed by atoms with Gasteiger partial charge in [-0.1, -0.05) is 56.8 Å². The van der Waals surface area contributed by atoms with Crippen molar-refractivity contribution in [2.24, 2.45) is 0 Å². The molecule has 35 heavy (non-hydrogen) atoms. The van der Waals surface area contributed by atoms with Gasteiger partial charge in [0.05, 0.1) is 38.3 Å². The third kappa shape index (κ3) is 5.59. The van der Waals surface area contributed by atoms with Gasteiger partial charge in [0.25, 0.3) is 0 Å². The third-order valence-corrected chi connectivity index (χ3v) is 6.63. The molecule has 4 aromatic rings. The number of thioether (sulfide) groups is 1. The average molecular weight is 492 g/mol. The highest BCUT2D eigenvalue weighted by molar-refractivity contribution is 7.99. The third-order valence-electron chi connectivity index (χ3n) is 5.66. The summed E-state index contributed by atoms with van der Waals surface area (Å²) in [4.78, 5) is 13.1. The Hall–Kier alpha value is -3.52. The van der Waals surface area contributed by atoms with E-state index in [1.165, 1.54) is 17.3 Å². The van der Waals surface area contributed by atoms with Crippen molar-refractivity contribution >= 4 is 17.5 Å². The number of rotatable bonds is 9. The van der Waals surface area contributed by atoms with E-state index in [1.807, 2.05) is 16.7 Å². The van der Waals surface area contributed by atoms with Crippen molar-refractivity contribution < 1.29 is 18.7 Å². The molecule has 4 rings (SSSR count). The lowest BCUT2D eigenvalue weighted by Gasteiger charge is -2.19. The first-order valence-corrected chi connectivity index (χ1v) is 12.2. The van der Waals surface area contributed by atoms with Gasteiger partial charge in [-0.15, -0.1) is 10.2 Å². The van der Waals surface area contributed by atoms with Crippen molar-refractivity contribution in [3.05, 3.63) is 77.7 Å². The Morgan fingerprint density at radius 2 is 1.80 bits per heavy atom. The van der Waals surface area contributed by atoms with Crippen LogP contribution in [0.15, 0.2) is 70.4 Å². The van der Waals surface area contributed by atoms with Crippen LogP contribution in [0.3, 0.4) is 0 Å². The smallest absolute Gasteiger partial charge is 0.192 e. The van der Waals surface area contributed by atoms with E-state index in [9.17, 15) is 4.79 Å². The maximum absolute atomic E-state index is 13.1. The molecule has 7 nitrogen and oxygen atoms in total. The first-order valence-electron chi connectivity index (χ1n) is 11.2. The van der Waals surface area contributed by atoms with E-state index in [-0.39, 0.29) is 17.0 Å². The predicted octanol–water partition coefficient (Wildman–Crippen LogP) is 5.88. The quantitative estimate of drug-likeness (QED) is 0.214. The highest BCUT2D eigenvalue weighted by atomic mass is 32.2. The Morgan fingerprint density at radius 3 is 2.43 bits per heavy atom. The van der Waals surface area contributed by atoms with Crippen LogP contribution in [0.5, 0.6) is 11.5 Å². The van der Waals surface area contributed by atoms with Crippen LogP contribution in [0.1, 0.15) is 42.5 Å². The Balaban J connectivity index is 1.62. The fourth-order valence-corrected chi connectivity index (χ4v) is 4.49. The van der Waals surface area contributed by atoms with Crippen molar-refractivity contribution in [3.63, 3.8) is 0 Å². The van der Waals surface area contributed by atoms with Gasteiger partial charge in [-0.25, -0.2) is 0 Å². The summed E-state index contributed by atoms with van der Waals surface area (Å²) in [6.07, 6.45) is 1.64. The van der Waals surface area contributed by atoms with Gasteiger partial charge in [-0.05, 0) is 41.3 Å². The maximum atomic E-state index is 13.1. The van der Waals surface area contributed by atoms with Gasteiger partial charge in [0, 0.05) is 5.56 Å². The normalized spacial score (nSPS) is 11.5. The predicted molar refractivity (Wildman–Crippen MR) is 137 cm³/mol. The molecule has 0 spiro atoms. The molecule has 0 saturated carbocycles. The van der Waals surface area contributed by atoms with Gasteiger partial charge in [0.1, 0.15) is 17.3 Å². The number of carbonyl (C=O) groups is 1. The molecule has 0 atom stereocenters. The number of nitrogens with zero attached hydrogens (tertiary/aromatic N) is 3. The molecule has 0 radical (unpaired) electrons. The molecule has 0 N–H and O–H groups in total. The van der Waals surface area contributed by atoms with E-state index in [0.29, 0.717) is 28.8 Å². The van der Waals surface area contributed by atoms with Crippen LogP contribution >= 0.6 is 11.8 Å². The molecule has 2 aromatic heterocycles. The Labute approximate surface area is 209 Å². The molecule has 0 fully saturated rings. The fraction of sp³-hybridized carbons (Fsp3) is 0.296. The van der Waals surface area contributed by atoms with Crippen LogP contribution in [0, 0.1) is 0 Å². The lowest BCUT2D eigenvalue weighted by molar-refractivity contribution is 0.101. The van der Waals surface area contributed by atoms with Gasteiger partial charge in [-0.2, -0.15) is 0 Å². The number of methoxy groups -OCH3 is 2. The number of benzene rings is 2.